The van der Waals surface area contributed by atoms with E-state index in [4.69, 9.17) is 21.9 Å². The van der Waals surface area contributed by atoms with E-state index in [1.165, 1.54) is 9.80 Å². The number of carboxylic acids is 2. The predicted molar refractivity (Wildman–Crippen MR) is 107 cm³/mol. The molecule has 0 aliphatic heterocycles. The molecular weight excluding hydrogens is 424 g/mol. The quantitative estimate of drug-likeness (QED) is 0.0675. The van der Waals surface area contributed by atoms with Gasteiger partial charge >= 0.3 is 11.9 Å². The Balaban J connectivity index is 4.81. The first-order valence-corrected chi connectivity index (χ1v) is 8.62. The highest BCUT2D eigenvalue weighted by molar-refractivity contribution is 7.80. The van der Waals surface area contributed by atoms with E-state index in [9.17, 15) is 19.2 Å². The van der Waals surface area contributed by atoms with E-state index >= 15 is 0 Å². The van der Waals surface area contributed by atoms with Gasteiger partial charge in [0.15, 0.2) is 5.11 Å². The fraction of sp³-hybridized carbons (Fsp3) is 0.462. The number of hydrogen-bond donors (Lipinski definition) is 10. The number of aliphatic carboxylic acids is 2. The minimum absolute atomic E-state index is 0.0213. The summed E-state index contributed by atoms with van der Waals surface area (Å²) in [4.78, 5) is 48.4. The van der Waals surface area contributed by atoms with Crippen molar-refractivity contribution >= 4 is 41.1 Å². The van der Waals surface area contributed by atoms with Crippen LogP contribution in [0, 0.1) is 0 Å². The lowest BCUT2D eigenvalue weighted by atomic mass is 10.3. The van der Waals surface area contributed by atoms with Crippen LogP contribution in [0.5, 0.6) is 0 Å². The minimum atomic E-state index is -1.20. The molecule has 0 aliphatic carbocycles. The van der Waals surface area contributed by atoms with Gasteiger partial charge in [-0.15, -0.1) is 0 Å². The van der Waals surface area contributed by atoms with Gasteiger partial charge in [-0.3, -0.25) is 56.1 Å². The van der Waals surface area contributed by atoms with E-state index < -0.39 is 36.8 Å². The number of hydrogen-bond acceptors (Lipinski definition) is 11. The van der Waals surface area contributed by atoms with E-state index in [-0.39, 0.29) is 37.1 Å². The summed E-state index contributed by atoms with van der Waals surface area (Å²) in [5, 5.41) is 18.0. The third-order valence-electron chi connectivity index (χ3n) is 3.16. The first-order valence-electron chi connectivity index (χ1n) is 8.21. The first kappa shape index (κ1) is 26.8. The normalized spacial score (nSPS) is 10.1. The summed E-state index contributed by atoms with van der Waals surface area (Å²) >= 11 is 4.68. The van der Waals surface area contributed by atoms with Gasteiger partial charge in [-0.05, 0) is 12.2 Å². The molecule has 30 heavy (non-hydrogen) atoms. The van der Waals surface area contributed by atoms with Gasteiger partial charge in [0.1, 0.15) is 5.82 Å². The number of carbonyl (C=O) groups is 4. The molecule has 0 saturated carbocycles. The monoisotopic (exact) mass is 450 g/mol. The Morgan fingerprint density at radius 1 is 0.767 bits per heavy atom. The number of amides is 2. The molecule has 0 aliphatic rings. The van der Waals surface area contributed by atoms with Crippen molar-refractivity contribution in [1.82, 2.24) is 42.4 Å². The summed E-state index contributed by atoms with van der Waals surface area (Å²) in [6.07, 6.45) is 0. The molecule has 0 heterocycles. The number of hydrazine groups is 4. The van der Waals surface area contributed by atoms with Gasteiger partial charge in [0.2, 0.25) is 0 Å². The summed E-state index contributed by atoms with van der Waals surface area (Å²) in [5.74, 6) is 6.60. The van der Waals surface area contributed by atoms with Crippen molar-refractivity contribution in [3.8, 4) is 0 Å². The van der Waals surface area contributed by atoms with Gasteiger partial charge in [-0.1, -0.05) is 6.58 Å². The molecule has 0 aromatic heterocycles. The van der Waals surface area contributed by atoms with Crippen molar-refractivity contribution in [3.05, 3.63) is 12.4 Å². The minimum Gasteiger partial charge on any atom is -0.480 e. The van der Waals surface area contributed by atoms with E-state index in [1.54, 1.807) is 0 Å². The highest BCUT2D eigenvalue weighted by Crippen LogP contribution is 1.94. The van der Waals surface area contributed by atoms with Crippen molar-refractivity contribution in [1.29, 1.82) is 0 Å². The number of rotatable bonds is 14. The number of carbonyl (C=O) groups excluding carboxylic acids is 2. The molecule has 0 rings (SSSR count). The molecule has 0 bridgehead atoms. The fourth-order valence-corrected chi connectivity index (χ4v) is 1.97. The largest absolute Gasteiger partial charge is 0.480 e. The van der Waals surface area contributed by atoms with Crippen molar-refractivity contribution in [2.24, 2.45) is 11.7 Å². The lowest BCUT2D eigenvalue weighted by Crippen LogP contribution is -2.52. The van der Waals surface area contributed by atoms with Crippen LogP contribution in [0.4, 0.5) is 0 Å². The predicted octanol–water partition coefficient (Wildman–Crippen LogP) is -5.32. The molecule has 17 heteroatoms. The Labute approximate surface area is 176 Å². The molecule has 0 radical (unpaired) electrons. The van der Waals surface area contributed by atoms with Gasteiger partial charge in [0, 0.05) is 13.1 Å². The molecule has 170 valence electrons. The zero-order valence-corrected chi connectivity index (χ0v) is 16.8. The van der Waals surface area contributed by atoms with Gasteiger partial charge in [0.25, 0.3) is 11.8 Å². The first-order chi connectivity index (χ1) is 14.1. The van der Waals surface area contributed by atoms with E-state index in [2.05, 4.69) is 51.4 Å². The topological polar surface area (TPSA) is 239 Å². The third kappa shape index (κ3) is 13.8. The second-order valence-corrected chi connectivity index (χ2v) is 6.06. The average Bonchev–Trinajstić information content (AvgIpc) is 2.67. The summed E-state index contributed by atoms with van der Waals surface area (Å²) in [5.41, 5.74) is 13.3. The van der Waals surface area contributed by atoms with Crippen LogP contribution in [0.25, 0.3) is 0 Å². The molecular formula is C13H26N10O6S. The molecule has 0 spiro atoms. The molecule has 0 atom stereocenters. The van der Waals surface area contributed by atoms with Crippen molar-refractivity contribution in [2.45, 2.75) is 0 Å². The highest BCUT2D eigenvalue weighted by Gasteiger charge is 2.19. The lowest BCUT2D eigenvalue weighted by molar-refractivity contribution is -0.141. The SMILES string of the molecule is C=C(NN)NNC(=O)CN(CCN(CC(=O)O)CC(=O)NNC(=S)NN)CC(=O)O. The van der Waals surface area contributed by atoms with Crippen molar-refractivity contribution in [3.63, 3.8) is 0 Å². The summed E-state index contributed by atoms with van der Waals surface area (Å²) in [6.45, 7) is 1.72. The number of nitrogens with two attached hydrogens (primary N) is 2. The number of nitrogens with zero attached hydrogens (tertiary/aromatic N) is 2. The molecule has 0 unspecified atom stereocenters. The molecule has 0 aromatic carbocycles. The smallest absolute Gasteiger partial charge is 0.317 e. The summed E-state index contributed by atoms with van der Waals surface area (Å²) in [7, 11) is 0. The Bertz CT molecular complexity index is 594. The molecule has 16 nitrogen and oxygen atoms in total. The second-order valence-electron chi connectivity index (χ2n) is 5.65. The standard InChI is InChI=1S/C13H26N10O6S/c1-8(16-14)18-19-9(24)4-22(6-11(26)27)2-3-23(7-12(28)29)5-10(25)20-21-13(30)17-15/h16,18H,1-7,14-15H2,(H,19,24)(H,20,25)(H,26,27)(H,28,29)(H2,17,21,30). The summed E-state index contributed by atoms with van der Waals surface area (Å²) in [6, 6.07) is 0. The molecule has 12 N–H and O–H groups in total. The van der Waals surface area contributed by atoms with Gasteiger partial charge < -0.3 is 15.6 Å². The van der Waals surface area contributed by atoms with Gasteiger partial charge in [0.05, 0.1) is 26.2 Å². The van der Waals surface area contributed by atoms with Gasteiger partial charge in [-0.25, -0.2) is 11.7 Å². The highest BCUT2D eigenvalue weighted by atomic mass is 32.1. The van der Waals surface area contributed by atoms with E-state index in [0.29, 0.717) is 0 Å². The van der Waals surface area contributed by atoms with Crippen LogP contribution >= 0.6 is 12.2 Å². The van der Waals surface area contributed by atoms with Crippen LogP contribution in [0.1, 0.15) is 0 Å². The van der Waals surface area contributed by atoms with Crippen LogP contribution in [0.3, 0.4) is 0 Å². The van der Waals surface area contributed by atoms with Crippen LogP contribution in [0.2, 0.25) is 0 Å². The maximum absolute atomic E-state index is 11.9. The third-order valence-corrected chi connectivity index (χ3v) is 3.38. The molecule has 2 amide bonds. The number of nitrogens with one attached hydrogen (secondary N) is 6. The average molecular weight is 450 g/mol. The molecule has 0 aromatic rings. The Morgan fingerprint density at radius 3 is 1.57 bits per heavy atom. The van der Waals surface area contributed by atoms with Crippen molar-refractivity contribution in [2.75, 3.05) is 39.3 Å². The second kappa shape index (κ2) is 14.7. The maximum Gasteiger partial charge on any atom is 0.317 e. The Hall–Kier alpha value is -3.25. The van der Waals surface area contributed by atoms with Gasteiger partial charge in [-0.2, -0.15) is 0 Å². The fourth-order valence-electron chi connectivity index (χ4n) is 1.92. The number of carboxylic acid groups (broad SMARTS) is 2. The zero-order chi connectivity index (χ0) is 23.1. The molecule has 0 saturated heterocycles. The maximum atomic E-state index is 11.9. The zero-order valence-electron chi connectivity index (χ0n) is 15.9. The summed E-state index contributed by atoms with van der Waals surface area (Å²) < 4.78 is 0. The van der Waals surface area contributed by atoms with Crippen LogP contribution in [0.15, 0.2) is 12.4 Å². The lowest BCUT2D eigenvalue weighted by Gasteiger charge is -2.25. The van der Waals surface area contributed by atoms with Crippen LogP contribution in [-0.4, -0.2) is 88.1 Å². The van der Waals surface area contributed by atoms with Crippen LogP contribution < -0.4 is 44.2 Å². The molecule has 0 fully saturated rings. The Morgan fingerprint density at radius 2 is 1.20 bits per heavy atom. The van der Waals surface area contributed by atoms with Crippen molar-refractivity contribution < 1.29 is 29.4 Å². The van der Waals surface area contributed by atoms with E-state index in [1.807, 2.05) is 0 Å². The Kier molecular flexibility index (Phi) is 13.1. The number of thiocarbonyl (C=S) groups is 1. The van der Waals surface area contributed by atoms with Crippen LogP contribution in [-0.2, 0) is 19.2 Å². The van der Waals surface area contributed by atoms with E-state index in [0.717, 1.165) is 0 Å².